The van der Waals surface area contributed by atoms with Crippen molar-refractivity contribution in [1.82, 2.24) is 0 Å². The Balaban J connectivity index is 2.87. The standard InChI is InChI=1S/C19H31FO2S/c1-18(2,3)12-7-13-23(21,22)14-17(19(4,5)6)15-8-10-16(20)11-9-15/h8-11,17H,7,12-14H2,1-6H3/t17-/m1/s1. The summed E-state index contributed by atoms with van der Waals surface area (Å²) in [7, 11) is -3.14. The lowest BCUT2D eigenvalue weighted by atomic mass is 9.78. The van der Waals surface area contributed by atoms with Crippen LogP contribution in [0.15, 0.2) is 24.3 Å². The van der Waals surface area contributed by atoms with Gasteiger partial charge < -0.3 is 0 Å². The zero-order chi connectivity index (χ0) is 17.9. The van der Waals surface area contributed by atoms with Crippen LogP contribution in [0.5, 0.6) is 0 Å². The Morgan fingerprint density at radius 3 is 1.96 bits per heavy atom. The fourth-order valence-corrected chi connectivity index (χ4v) is 4.65. The Hall–Kier alpha value is -0.900. The van der Waals surface area contributed by atoms with Crippen LogP contribution < -0.4 is 0 Å². The van der Waals surface area contributed by atoms with Gasteiger partial charge in [-0.05, 0) is 41.4 Å². The zero-order valence-electron chi connectivity index (χ0n) is 15.3. The quantitative estimate of drug-likeness (QED) is 0.712. The van der Waals surface area contributed by atoms with Crippen molar-refractivity contribution in [3.8, 4) is 0 Å². The Bertz CT molecular complexity index is 590. The molecule has 1 atom stereocenters. The molecule has 0 aliphatic heterocycles. The Kier molecular flexibility index (Phi) is 6.42. The molecule has 1 aromatic rings. The van der Waals surface area contributed by atoms with Gasteiger partial charge in [0.15, 0.2) is 9.84 Å². The molecule has 0 N–H and O–H groups in total. The van der Waals surface area contributed by atoms with Crippen LogP contribution in [0.3, 0.4) is 0 Å². The highest BCUT2D eigenvalue weighted by Crippen LogP contribution is 2.36. The molecule has 0 unspecified atom stereocenters. The van der Waals surface area contributed by atoms with E-state index >= 15 is 0 Å². The first-order valence-corrected chi connectivity index (χ1v) is 10.1. The van der Waals surface area contributed by atoms with Gasteiger partial charge >= 0.3 is 0 Å². The summed E-state index contributed by atoms with van der Waals surface area (Å²) in [5.41, 5.74) is 0.837. The molecule has 0 heterocycles. The minimum absolute atomic E-state index is 0.117. The second-order valence-electron chi connectivity index (χ2n) is 8.75. The van der Waals surface area contributed by atoms with Crippen molar-refractivity contribution in [1.29, 1.82) is 0 Å². The summed E-state index contributed by atoms with van der Waals surface area (Å²) in [6.07, 6.45) is 1.58. The van der Waals surface area contributed by atoms with E-state index in [0.29, 0.717) is 6.42 Å². The fourth-order valence-electron chi connectivity index (χ4n) is 2.70. The van der Waals surface area contributed by atoms with Crippen LogP contribution in [-0.2, 0) is 9.84 Å². The summed E-state index contributed by atoms with van der Waals surface area (Å²) in [6.45, 7) is 12.5. The van der Waals surface area contributed by atoms with E-state index in [-0.39, 0.29) is 34.1 Å². The molecule has 0 spiro atoms. The van der Waals surface area contributed by atoms with Gasteiger partial charge in [-0.2, -0.15) is 0 Å². The first kappa shape index (κ1) is 20.1. The van der Waals surface area contributed by atoms with Gasteiger partial charge in [0.05, 0.1) is 11.5 Å². The van der Waals surface area contributed by atoms with Crippen molar-refractivity contribution in [2.75, 3.05) is 11.5 Å². The molecule has 0 amide bonds. The smallest absolute Gasteiger partial charge is 0.150 e. The van der Waals surface area contributed by atoms with Gasteiger partial charge in [0, 0.05) is 5.92 Å². The van der Waals surface area contributed by atoms with Gasteiger partial charge in [0.1, 0.15) is 5.82 Å². The van der Waals surface area contributed by atoms with Gasteiger partial charge in [0.25, 0.3) is 0 Å². The molecule has 0 fully saturated rings. The molecule has 132 valence electrons. The maximum atomic E-state index is 13.1. The number of halogens is 1. The minimum atomic E-state index is -3.14. The van der Waals surface area contributed by atoms with Crippen LogP contribution in [0.2, 0.25) is 0 Å². The average Bonchev–Trinajstić information content (AvgIpc) is 2.34. The van der Waals surface area contributed by atoms with E-state index in [2.05, 4.69) is 20.8 Å². The molecule has 1 aromatic carbocycles. The van der Waals surface area contributed by atoms with Crippen molar-refractivity contribution in [2.45, 2.75) is 60.3 Å². The Labute approximate surface area is 141 Å². The predicted molar refractivity (Wildman–Crippen MR) is 95.9 cm³/mol. The summed E-state index contributed by atoms with van der Waals surface area (Å²) >= 11 is 0. The van der Waals surface area contributed by atoms with E-state index in [4.69, 9.17) is 0 Å². The first-order valence-electron chi connectivity index (χ1n) is 8.26. The summed E-state index contributed by atoms with van der Waals surface area (Å²) in [4.78, 5) is 0. The largest absolute Gasteiger partial charge is 0.229 e. The average molecular weight is 343 g/mol. The SMILES string of the molecule is CC(C)(C)CCCS(=O)(=O)C[C@H](c1ccc(F)cc1)C(C)(C)C. The molecule has 1 rings (SSSR count). The fraction of sp³-hybridized carbons (Fsp3) is 0.684. The lowest BCUT2D eigenvalue weighted by Crippen LogP contribution is -2.28. The molecule has 0 bridgehead atoms. The van der Waals surface area contributed by atoms with Gasteiger partial charge in [-0.3, -0.25) is 0 Å². The summed E-state index contributed by atoms with van der Waals surface area (Å²) in [5.74, 6) is -0.0955. The topological polar surface area (TPSA) is 34.1 Å². The van der Waals surface area contributed by atoms with E-state index in [1.807, 2.05) is 20.8 Å². The summed E-state index contributed by atoms with van der Waals surface area (Å²) in [5, 5.41) is 0. The molecule has 23 heavy (non-hydrogen) atoms. The lowest BCUT2D eigenvalue weighted by Gasteiger charge is -2.31. The third-order valence-corrected chi connectivity index (χ3v) is 5.87. The number of hydrogen-bond acceptors (Lipinski definition) is 2. The van der Waals surface area contributed by atoms with Crippen molar-refractivity contribution >= 4 is 9.84 Å². The van der Waals surface area contributed by atoms with Crippen molar-refractivity contribution in [3.63, 3.8) is 0 Å². The van der Waals surface area contributed by atoms with E-state index in [1.54, 1.807) is 12.1 Å². The molecule has 0 aromatic heterocycles. The monoisotopic (exact) mass is 342 g/mol. The molecule has 0 radical (unpaired) electrons. The highest BCUT2D eigenvalue weighted by atomic mass is 32.2. The third-order valence-electron chi connectivity index (χ3n) is 4.12. The molecule has 4 heteroatoms. The second-order valence-corrected chi connectivity index (χ2v) is 11.0. The third kappa shape index (κ3) is 7.47. The Morgan fingerprint density at radius 2 is 1.52 bits per heavy atom. The van der Waals surface area contributed by atoms with Crippen molar-refractivity contribution in [2.24, 2.45) is 10.8 Å². The molecule has 0 saturated carbocycles. The highest BCUT2D eigenvalue weighted by Gasteiger charge is 2.31. The maximum Gasteiger partial charge on any atom is 0.150 e. The van der Waals surface area contributed by atoms with E-state index in [0.717, 1.165) is 12.0 Å². The molecular formula is C19H31FO2S. The van der Waals surface area contributed by atoms with Crippen LogP contribution in [-0.4, -0.2) is 19.9 Å². The highest BCUT2D eigenvalue weighted by molar-refractivity contribution is 7.91. The zero-order valence-corrected chi connectivity index (χ0v) is 16.1. The summed E-state index contributed by atoms with van der Waals surface area (Å²) < 4.78 is 38.2. The second kappa shape index (κ2) is 7.33. The molecule has 0 aliphatic rings. The van der Waals surface area contributed by atoms with Gasteiger partial charge in [0.2, 0.25) is 0 Å². The predicted octanol–water partition coefficient (Wildman–Crippen LogP) is 5.20. The molecular weight excluding hydrogens is 311 g/mol. The molecule has 2 nitrogen and oxygen atoms in total. The number of hydrogen-bond donors (Lipinski definition) is 0. The molecule has 0 saturated heterocycles. The minimum Gasteiger partial charge on any atom is -0.229 e. The van der Waals surface area contributed by atoms with Gasteiger partial charge in [-0.1, -0.05) is 53.7 Å². The van der Waals surface area contributed by atoms with E-state index in [1.165, 1.54) is 12.1 Å². The van der Waals surface area contributed by atoms with Crippen LogP contribution in [0.1, 0.15) is 65.9 Å². The Morgan fingerprint density at radius 1 is 1.00 bits per heavy atom. The van der Waals surface area contributed by atoms with Crippen molar-refractivity contribution < 1.29 is 12.8 Å². The summed E-state index contributed by atoms with van der Waals surface area (Å²) in [6, 6.07) is 6.21. The van der Waals surface area contributed by atoms with Crippen LogP contribution in [0.4, 0.5) is 4.39 Å². The van der Waals surface area contributed by atoms with Gasteiger partial charge in [-0.15, -0.1) is 0 Å². The maximum absolute atomic E-state index is 13.1. The number of benzene rings is 1. The van der Waals surface area contributed by atoms with E-state index in [9.17, 15) is 12.8 Å². The van der Waals surface area contributed by atoms with Crippen molar-refractivity contribution in [3.05, 3.63) is 35.6 Å². The number of sulfone groups is 1. The molecule has 0 aliphatic carbocycles. The lowest BCUT2D eigenvalue weighted by molar-refractivity contribution is 0.339. The van der Waals surface area contributed by atoms with Gasteiger partial charge in [-0.25, -0.2) is 12.8 Å². The van der Waals surface area contributed by atoms with Crippen LogP contribution in [0.25, 0.3) is 0 Å². The normalized spacial score (nSPS) is 14.7. The van der Waals surface area contributed by atoms with Crippen LogP contribution in [0, 0.1) is 16.6 Å². The number of rotatable bonds is 6. The first-order chi connectivity index (χ1) is 10.3. The van der Waals surface area contributed by atoms with E-state index < -0.39 is 9.84 Å². The van der Waals surface area contributed by atoms with Crippen LogP contribution >= 0.6 is 0 Å².